The van der Waals surface area contributed by atoms with E-state index in [4.69, 9.17) is 11.5 Å². The summed E-state index contributed by atoms with van der Waals surface area (Å²) >= 11 is 0. The molecular weight excluding hydrogens is 350 g/mol. The Morgan fingerprint density at radius 2 is 2.07 bits per heavy atom. The highest BCUT2D eigenvalue weighted by atomic mass is 16.3. The predicted molar refractivity (Wildman–Crippen MR) is 104 cm³/mol. The largest absolute Gasteiger partial charge is 0.396 e. The van der Waals surface area contributed by atoms with Crippen LogP contribution in [0.25, 0.3) is 5.65 Å². The number of aliphatic hydroxyl groups excluding tert-OH is 1. The highest BCUT2D eigenvalue weighted by Crippen LogP contribution is 2.29. The molecule has 0 aliphatic rings. The monoisotopic (exact) mass is 371 g/mol. The van der Waals surface area contributed by atoms with Crippen molar-refractivity contribution in [2.75, 3.05) is 47.7 Å². The third kappa shape index (κ3) is 3.53. The molecule has 7 N–H and O–H groups in total. The molecule has 3 heterocycles. The molecule has 0 aromatic carbocycles. The first-order valence-corrected chi connectivity index (χ1v) is 8.10. The van der Waals surface area contributed by atoms with Crippen LogP contribution in [-0.4, -0.2) is 57.7 Å². The van der Waals surface area contributed by atoms with Crippen LogP contribution in [0.4, 0.5) is 34.5 Å². The van der Waals surface area contributed by atoms with E-state index < -0.39 is 6.04 Å². The van der Waals surface area contributed by atoms with Crippen LogP contribution in [-0.2, 0) is 4.79 Å². The highest BCUT2D eigenvalue weighted by Gasteiger charge is 2.15. The number of nitrogen functional groups attached to an aromatic ring is 2. The zero-order valence-corrected chi connectivity index (χ0v) is 14.9. The van der Waals surface area contributed by atoms with Crippen molar-refractivity contribution in [3.05, 3.63) is 24.5 Å². The molecule has 0 saturated heterocycles. The second-order valence-corrected chi connectivity index (χ2v) is 6.05. The van der Waals surface area contributed by atoms with E-state index >= 15 is 0 Å². The van der Waals surface area contributed by atoms with E-state index in [1.54, 1.807) is 16.9 Å². The fraction of sp³-hybridized carbons (Fsp3) is 0.250. The van der Waals surface area contributed by atoms with Gasteiger partial charge in [0.25, 0.3) is 0 Å². The molecule has 0 bridgehead atoms. The Hall–Kier alpha value is -3.60. The summed E-state index contributed by atoms with van der Waals surface area (Å²) in [5, 5.41) is 19.4. The lowest BCUT2D eigenvalue weighted by atomic mass is 10.3. The fourth-order valence-electron chi connectivity index (χ4n) is 2.49. The number of carbonyl (C=O) groups excluding carboxylic acids is 1. The molecule has 3 aromatic heterocycles. The summed E-state index contributed by atoms with van der Waals surface area (Å²) in [6, 6.07) is 2.54. The number of aldehydes is 1. The quantitative estimate of drug-likeness (QED) is 0.360. The molecule has 1 unspecified atom stereocenters. The molecule has 0 amide bonds. The Balaban J connectivity index is 1.97. The summed E-state index contributed by atoms with van der Waals surface area (Å²) < 4.78 is 1.68. The topological polar surface area (TPSA) is 160 Å². The molecular formula is C16H21N9O2. The van der Waals surface area contributed by atoms with E-state index in [0.717, 1.165) is 5.82 Å². The Kier molecular flexibility index (Phi) is 4.94. The SMILES string of the molecule is CN(C)c1ccnc2c(Nc3nc(NC(C=O)CO)c(N)cc3N)cnn12. The number of nitrogens with two attached hydrogens (primary N) is 2. The van der Waals surface area contributed by atoms with E-state index in [0.29, 0.717) is 29.1 Å². The average molecular weight is 371 g/mol. The third-order valence-corrected chi connectivity index (χ3v) is 3.86. The first-order valence-electron chi connectivity index (χ1n) is 8.10. The number of hydrogen-bond donors (Lipinski definition) is 5. The number of aromatic nitrogens is 4. The van der Waals surface area contributed by atoms with Gasteiger partial charge >= 0.3 is 0 Å². The Bertz CT molecular complexity index is 970. The highest BCUT2D eigenvalue weighted by molar-refractivity contribution is 5.82. The van der Waals surface area contributed by atoms with Crippen molar-refractivity contribution in [2.45, 2.75) is 6.04 Å². The van der Waals surface area contributed by atoms with Crippen LogP contribution >= 0.6 is 0 Å². The lowest BCUT2D eigenvalue weighted by Gasteiger charge is -2.16. The first kappa shape index (κ1) is 18.2. The van der Waals surface area contributed by atoms with Gasteiger partial charge < -0.3 is 36.9 Å². The maximum absolute atomic E-state index is 10.9. The molecule has 11 nitrogen and oxygen atoms in total. The number of nitrogens with one attached hydrogen (secondary N) is 2. The predicted octanol–water partition coefficient (Wildman–Crippen LogP) is 0.0700. The van der Waals surface area contributed by atoms with E-state index in [-0.39, 0.29) is 18.1 Å². The van der Waals surface area contributed by atoms with Gasteiger partial charge in [-0.1, -0.05) is 0 Å². The van der Waals surface area contributed by atoms with Gasteiger partial charge in [0.2, 0.25) is 0 Å². The van der Waals surface area contributed by atoms with Gasteiger partial charge in [-0.25, -0.2) is 9.97 Å². The molecule has 1 atom stereocenters. The van der Waals surface area contributed by atoms with Crippen molar-refractivity contribution in [2.24, 2.45) is 0 Å². The van der Waals surface area contributed by atoms with E-state index in [9.17, 15) is 9.90 Å². The normalized spacial score (nSPS) is 12.0. The van der Waals surface area contributed by atoms with Crippen molar-refractivity contribution in [3.8, 4) is 0 Å². The number of carbonyl (C=O) groups is 1. The van der Waals surface area contributed by atoms with Crippen LogP contribution in [0.3, 0.4) is 0 Å². The van der Waals surface area contributed by atoms with Crippen LogP contribution < -0.4 is 27.0 Å². The number of nitrogens with zero attached hydrogens (tertiary/aromatic N) is 5. The molecule has 0 saturated carbocycles. The fourth-order valence-corrected chi connectivity index (χ4v) is 2.49. The lowest BCUT2D eigenvalue weighted by molar-refractivity contribution is -0.109. The zero-order valence-electron chi connectivity index (χ0n) is 14.9. The Morgan fingerprint density at radius 3 is 2.74 bits per heavy atom. The van der Waals surface area contributed by atoms with Crippen molar-refractivity contribution in [1.29, 1.82) is 0 Å². The van der Waals surface area contributed by atoms with Crippen molar-refractivity contribution >= 4 is 46.4 Å². The van der Waals surface area contributed by atoms with Crippen LogP contribution in [0.2, 0.25) is 0 Å². The van der Waals surface area contributed by atoms with Crippen molar-refractivity contribution in [1.82, 2.24) is 19.6 Å². The summed E-state index contributed by atoms with van der Waals surface area (Å²) in [5.41, 5.74) is 13.7. The van der Waals surface area contributed by atoms with Crippen molar-refractivity contribution < 1.29 is 9.90 Å². The lowest BCUT2D eigenvalue weighted by Crippen LogP contribution is -2.26. The second-order valence-electron chi connectivity index (χ2n) is 6.05. The summed E-state index contributed by atoms with van der Waals surface area (Å²) in [6.07, 6.45) is 3.87. The number of fused-ring (bicyclic) bond motifs is 1. The number of rotatable bonds is 7. The zero-order chi connectivity index (χ0) is 19.6. The van der Waals surface area contributed by atoms with Crippen LogP contribution in [0.5, 0.6) is 0 Å². The molecule has 3 rings (SSSR count). The smallest absolute Gasteiger partial charge is 0.181 e. The summed E-state index contributed by atoms with van der Waals surface area (Å²) in [7, 11) is 3.82. The van der Waals surface area contributed by atoms with Gasteiger partial charge in [-0.2, -0.15) is 9.61 Å². The maximum Gasteiger partial charge on any atom is 0.181 e. The first-order chi connectivity index (χ1) is 12.9. The molecule has 0 spiro atoms. The molecule has 11 heteroatoms. The van der Waals surface area contributed by atoms with Gasteiger partial charge in [0.1, 0.15) is 23.8 Å². The molecule has 27 heavy (non-hydrogen) atoms. The van der Waals surface area contributed by atoms with Crippen LogP contribution in [0, 0.1) is 0 Å². The van der Waals surface area contributed by atoms with Gasteiger partial charge in [0, 0.05) is 20.3 Å². The third-order valence-electron chi connectivity index (χ3n) is 3.86. The number of aliphatic hydroxyl groups is 1. The molecule has 0 aliphatic carbocycles. The van der Waals surface area contributed by atoms with E-state index in [2.05, 4.69) is 25.7 Å². The van der Waals surface area contributed by atoms with E-state index in [1.807, 2.05) is 25.1 Å². The van der Waals surface area contributed by atoms with Crippen molar-refractivity contribution in [3.63, 3.8) is 0 Å². The van der Waals surface area contributed by atoms with Crippen LogP contribution in [0.15, 0.2) is 24.5 Å². The maximum atomic E-state index is 10.9. The second kappa shape index (κ2) is 7.33. The summed E-state index contributed by atoms with van der Waals surface area (Å²) in [4.78, 5) is 21.5. The minimum absolute atomic E-state index is 0.233. The molecule has 0 fully saturated rings. The molecule has 0 radical (unpaired) electrons. The van der Waals surface area contributed by atoms with Crippen LogP contribution in [0.1, 0.15) is 0 Å². The average Bonchev–Trinajstić information content (AvgIpc) is 3.05. The van der Waals surface area contributed by atoms with Gasteiger partial charge in [-0.15, -0.1) is 0 Å². The Morgan fingerprint density at radius 1 is 1.33 bits per heavy atom. The molecule has 3 aromatic rings. The standard InChI is InChI=1S/C16H21N9O2/c1-24(2)13-3-4-19-16-12(6-20-25(13)16)22-15-11(18)5-10(17)14(23-15)21-9(7-26)8-27/h3-7,9,27H,8,17-18H2,1-2H3,(H2,21,22,23). The summed E-state index contributed by atoms with van der Waals surface area (Å²) in [5.74, 6) is 1.41. The van der Waals surface area contributed by atoms with Gasteiger partial charge in [0.05, 0.1) is 24.2 Å². The van der Waals surface area contributed by atoms with Gasteiger partial charge in [-0.05, 0) is 12.1 Å². The minimum Gasteiger partial charge on any atom is -0.396 e. The van der Waals surface area contributed by atoms with Gasteiger partial charge in [-0.3, -0.25) is 0 Å². The minimum atomic E-state index is -0.822. The Labute approximate surface area is 155 Å². The van der Waals surface area contributed by atoms with E-state index in [1.165, 1.54) is 6.07 Å². The molecule has 0 aliphatic heterocycles. The van der Waals surface area contributed by atoms with Gasteiger partial charge in [0.15, 0.2) is 17.3 Å². The molecule has 142 valence electrons. The summed E-state index contributed by atoms with van der Waals surface area (Å²) in [6.45, 7) is -0.386. The number of anilines is 6. The number of pyridine rings is 1. The number of hydrogen-bond acceptors (Lipinski definition) is 10.